The lowest BCUT2D eigenvalue weighted by Gasteiger charge is -2.30. The van der Waals surface area contributed by atoms with Crippen molar-refractivity contribution in [2.24, 2.45) is 5.92 Å². The number of nitrogens with one attached hydrogen (secondary N) is 1. The molecule has 1 amide bonds. The van der Waals surface area contributed by atoms with Crippen molar-refractivity contribution >= 4 is 16.9 Å². The number of phenols is 1. The molecule has 8 nitrogen and oxygen atoms in total. The van der Waals surface area contributed by atoms with E-state index in [1.807, 2.05) is 56.3 Å². The van der Waals surface area contributed by atoms with Gasteiger partial charge in [-0.3, -0.25) is 4.79 Å². The number of rotatable bonds is 13. The second-order valence-electron chi connectivity index (χ2n) is 11.2. The number of hydrogen-bond acceptors (Lipinski definition) is 6. The fourth-order valence-electron chi connectivity index (χ4n) is 4.98. The number of aliphatic hydroxyl groups is 1. The average Bonchev–Trinajstić information content (AvgIpc) is 2.98. The minimum Gasteiger partial charge on any atom is -0.508 e. The molecule has 9 heteroatoms. The molecule has 3 aromatic carbocycles. The van der Waals surface area contributed by atoms with Crippen LogP contribution in [0.15, 0.2) is 77.7 Å². The van der Waals surface area contributed by atoms with E-state index >= 15 is 0 Å². The van der Waals surface area contributed by atoms with Crippen LogP contribution in [0.25, 0.3) is 0 Å². The summed E-state index contributed by atoms with van der Waals surface area (Å²) in [5.74, 6) is 0.402. The van der Waals surface area contributed by atoms with Crippen molar-refractivity contribution in [2.75, 3.05) is 19.7 Å². The zero-order valence-corrected chi connectivity index (χ0v) is 25.4. The van der Waals surface area contributed by atoms with E-state index in [-0.39, 0.29) is 24.5 Å². The average molecular weight is 595 g/mol. The van der Waals surface area contributed by atoms with Crippen LogP contribution in [0.5, 0.6) is 11.5 Å². The van der Waals surface area contributed by atoms with Crippen LogP contribution in [0.3, 0.4) is 0 Å². The first-order valence-electron chi connectivity index (χ1n) is 14.6. The van der Waals surface area contributed by atoms with Gasteiger partial charge in [0, 0.05) is 30.6 Å². The highest BCUT2D eigenvalue weighted by molar-refractivity contribution is 7.82. The van der Waals surface area contributed by atoms with Gasteiger partial charge in [-0.15, -0.1) is 0 Å². The van der Waals surface area contributed by atoms with E-state index < -0.39 is 29.0 Å². The molecule has 0 aromatic heterocycles. The highest BCUT2D eigenvalue weighted by atomic mass is 32.2. The van der Waals surface area contributed by atoms with Gasteiger partial charge in [-0.2, -0.15) is 0 Å². The Hall–Kier alpha value is -3.24. The lowest BCUT2D eigenvalue weighted by Crippen LogP contribution is -2.50. The molecular formula is C33H42N2O6S. The maximum Gasteiger partial charge on any atom is 0.252 e. The van der Waals surface area contributed by atoms with Crippen molar-refractivity contribution in [3.8, 4) is 11.5 Å². The molecule has 3 aromatic rings. The molecule has 1 fully saturated rings. The summed E-state index contributed by atoms with van der Waals surface area (Å²) in [6.07, 6.45) is 1.91. The Morgan fingerprint density at radius 2 is 1.83 bits per heavy atom. The molecule has 2 unspecified atom stereocenters. The van der Waals surface area contributed by atoms with Crippen molar-refractivity contribution in [2.45, 2.75) is 69.8 Å². The van der Waals surface area contributed by atoms with Crippen LogP contribution < -0.4 is 10.1 Å². The number of nitrogens with zero attached hydrogens (tertiary/aromatic N) is 1. The maximum absolute atomic E-state index is 13.9. The van der Waals surface area contributed by atoms with E-state index in [9.17, 15) is 19.2 Å². The third-order valence-electron chi connectivity index (χ3n) is 7.24. The van der Waals surface area contributed by atoms with Crippen LogP contribution in [0, 0.1) is 12.8 Å². The van der Waals surface area contributed by atoms with Gasteiger partial charge in [-0.05, 0) is 68.0 Å². The molecular weight excluding hydrogens is 552 g/mol. The number of ether oxygens (including phenoxy) is 2. The standard InChI is InChI=1S/C33H42N2O6S/c1-23(2)21-35(42(39)27-14-9-13-26(20-27)41-32-17-7-8-18-40-32)22-31(37)29(19-25-11-5-4-6-12-25)34-33(38)28-15-10-16-30(36)24(28)3/h4-6,9-16,20,23,29,31-32,36-37H,7-8,17-19,21-22H2,1-3H3,(H,34,38)/t29-,31+,32?,42?/m0/s1. The second-order valence-corrected chi connectivity index (χ2v) is 12.7. The van der Waals surface area contributed by atoms with Crippen LogP contribution >= 0.6 is 0 Å². The molecule has 1 saturated heterocycles. The number of benzene rings is 3. The van der Waals surface area contributed by atoms with E-state index in [2.05, 4.69) is 5.32 Å². The normalized spacial score (nSPS) is 17.5. The number of phenolic OH excluding ortho intramolecular Hbond substituents is 1. The summed E-state index contributed by atoms with van der Waals surface area (Å²) >= 11 is 0. The minimum absolute atomic E-state index is 0.0302. The van der Waals surface area contributed by atoms with E-state index in [1.165, 1.54) is 6.07 Å². The molecule has 4 rings (SSSR count). The Balaban J connectivity index is 1.54. The van der Waals surface area contributed by atoms with Crippen LogP contribution in [0.2, 0.25) is 0 Å². The molecule has 1 aliphatic heterocycles. The summed E-state index contributed by atoms with van der Waals surface area (Å²) in [4.78, 5) is 13.9. The number of hydrogen-bond donors (Lipinski definition) is 3. The lowest BCUT2D eigenvalue weighted by atomic mass is 9.99. The molecule has 0 aliphatic carbocycles. The van der Waals surface area contributed by atoms with Crippen molar-refractivity contribution in [1.29, 1.82) is 0 Å². The van der Waals surface area contributed by atoms with Crippen LogP contribution in [0.4, 0.5) is 0 Å². The van der Waals surface area contributed by atoms with Gasteiger partial charge in [0.1, 0.15) is 22.5 Å². The molecule has 0 bridgehead atoms. The van der Waals surface area contributed by atoms with Crippen molar-refractivity contribution in [1.82, 2.24) is 9.62 Å². The molecule has 1 aliphatic rings. The summed E-state index contributed by atoms with van der Waals surface area (Å²) < 4.78 is 27.3. The molecule has 0 radical (unpaired) electrons. The third kappa shape index (κ3) is 8.88. The Morgan fingerprint density at radius 3 is 2.55 bits per heavy atom. The van der Waals surface area contributed by atoms with Gasteiger partial charge in [0.2, 0.25) is 0 Å². The number of aliphatic hydroxyl groups excluding tert-OH is 1. The van der Waals surface area contributed by atoms with E-state index in [1.54, 1.807) is 35.5 Å². The molecule has 3 N–H and O–H groups in total. The predicted molar refractivity (Wildman–Crippen MR) is 164 cm³/mol. The Kier molecular flexibility index (Phi) is 11.5. The molecule has 4 atom stereocenters. The smallest absolute Gasteiger partial charge is 0.252 e. The zero-order valence-electron chi connectivity index (χ0n) is 24.6. The van der Waals surface area contributed by atoms with E-state index in [4.69, 9.17) is 9.47 Å². The minimum atomic E-state index is -1.59. The Labute approximate surface area is 251 Å². The van der Waals surface area contributed by atoms with E-state index in [0.29, 0.717) is 41.3 Å². The first-order valence-corrected chi connectivity index (χ1v) is 15.7. The molecule has 0 spiro atoms. The number of amides is 1. The highest BCUT2D eigenvalue weighted by Gasteiger charge is 2.28. The Morgan fingerprint density at radius 1 is 1.07 bits per heavy atom. The molecule has 42 heavy (non-hydrogen) atoms. The topological polar surface area (TPSA) is 108 Å². The lowest BCUT2D eigenvalue weighted by molar-refractivity contribution is -0.106. The van der Waals surface area contributed by atoms with Crippen LogP contribution in [0.1, 0.15) is 54.6 Å². The van der Waals surface area contributed by atoms with Gasteiger partial charge in [0.15, 0.2) is 6.29 Å². The summed E-state index contributed by atoms with van der Waals surface area (Å²) in [5, 5.41) is 24.7. The van der Waals surface area contributed by atoms with Gasteiger partial charge in [-0.1, -0.05) is 56.3 Å². The SMILES string of the molecule is Cc1c(O)cccc1C(=O)N[C@@H](Cc1ccccc1)[C@H](O)CN(CC(C)C)S(=O)c1cccc(OC2CCCCO2)c1. The summed E-state index contributed by atoms with van der Waals surface area (Å²) in [7, 11) is -1.59. The van der Waals surface area contributed by atoms with Crippen molar-refractivity contribution < 1.29 is 28.7 Å². The fourth-order valence-corrected chi connectivity index (χ4v) is 6.41. The molecule has 1 heterocycles. The number of carbonyl (C=O) groups is 1. The highest BCUT2D eigenvalue weighted by Crippen LogP contribution is 2.24. The summed E-state index contributed by atoms with van der Waals surface area (Å²) in [6, 6.07) is 20.9. The molecule has 0 saturated carbocycles. The Bertz CT molecular complexity index is 1330. The largest absolute Gasteiger partial charge is 0.508 e. The van der Waals surface area contributed by atoms with Crippen molar-refractivity contribution in [3.63, 3.8) is 0 Å². The van der Waals surface area contributed by atoms with Gasteiger partial charge in [-0.25, -0.2) is 8.51 Å². The number of aromatic hydroxyl groups is 1. The van der Waals surface area contributed by atoms with Gasteiger partial charge in [0.05, 0.1) is 23.6 Å². The monoisotopic (exact) mass is 594 g/mol. The molecule has 226 valence electrons. The maximum atomic E-state index is 13.9. The quantitative estimate of drug-likeness (QED) is 0.257. The van der Waals surface area contributed by atoms with Gasteiger partial charge in [0.25, 0.3) is 5.91 Å². The summed E-state index contributed by atoms with van der Waals surface area (Å²) in [6.45, 7) is 6.95. The van der Waals surface area contributed by atoms with Crippen molar-refractivity contribution in [3.05, 3.63) is 89.5 Å². The summed E-state index contributed by atoms with van der Waals surface area (Å²) in [5.41, 5.74) is 1.74. The van der Waals surface area contributed by atoms with E-state index in [0.717, 1.165) is 24.8 Å². The van der Waals surface area contributed by atoms with Crippen LogP contribution in [-0.2, 0) is 22.1 Å². The fraction of sp³-hybridized carbons (Fsp3) is 0.424. The first-order chi connectivity index (χ1) is 20.2. The van der Waals surface area contributed by atoms with Gasteiger partial charge >= 0.3 is 0 Å². The second kappa shape index (κ2) is 15.3. The van der Waals surface area contributed by atoms with Gasteiger partial charge < -0.3 is 25.0 Å². The van der Waals surface area contributed by atoms with Crippen LogP contribution in [-0.4, -0.2) is 62.8 Å². The number of carbonyl (C=O) groups excluding carboxylic acids is 1. The predicted octanol–water partition coefficient (Wildman–Crippen LogP) is 4.99. The third-order valence-corrected chi connectivity index (χ3v) is 8.66. The zero-order chi connectivity index (χ0) is 30.1. The first kappa shape index (κ1) is 31.7.